The van der Waals surface area contributed by atoms with E-state index in [1.54, 1.807) is 0 Å². The van der Waals surface area contributed by atoms with Crippen LogP contribution in [0.5, 0.6) is 0 Å². The minimum absolute atomic E-state index is 0.194. The highest BCUT2D eigenvalue weighted by Crippen LogP contribution is 2.25. The first-order valence-electron chi connectivity index (χ1n) is 5.93. The van der Waals surface area contributed by atoms with Crippen LogP contribution in [-0.2, 0) is 6.54 Å². The summed E-state index contributed by atoms with van der Waals surface area (Å²) < 4.78 is 0. The minimum atomic E-state index is -0.194. The molecule has 0 radical (unpaired) electrons. The van der Waals surface area contributed by atoms with E-state index in [0.29, 0.717) is 6.54 Å². The van der Waals surface area contributed by atoms with Crippen LogP contribution in [0, 0.1) is 6.92 Å². The lowest BCUT2D eigenvalue weighted by Gasteiger charge is -2.33. The van der Waals surface area contributed by atoms with Crippen molar-refractivity contribution in [2.45, 2.75) is 32.4 Å². The number of aliphatic hydroxyl groups is 1. The van der Waals surface area contributed by atoms with Crippen molar-refractivity contribution in [1.82, 2.24) is 0 Å². The van der Waals surface area contributed by atoms with Crippen LogP contribution < -0.4 is 10.6 Å². The molecule has 3 N–H and O–H groups in total. The zero-order chi connectivity index (χ0) is 11.5. The summed E-state index contributed by atoms with van der Waals surface area (Å²) >= 11 is 0. The highest BCUT2D eigenvalue weighted by Gasteiger charge is 2.19. The second-order valence-corrected chi connectivity index (χ2v) is 4.58. The number of hydrogen-bond acceptors (Lipinski definition) is 3. The summed E-state index contributed by atoms with van der Waals surface area (Å²) in [6.07, 6.45) is 1.78. The maximum atomic E-state index is 9.69. The van der Waals surface area contributed by atoms with Gasteiger partial charge in [0.15, 0.2) is 0 Å². The van der Waals surface area contributed by atoms with Gasteiger partial charge < -0.3 is 15.7 Å². The van der Waals surface area contributed by atoms with Crippen LogP contribution in [0.2, 0.25) is 0 Å². The summed E-state index contributed by atoms with van der Waals surface area (Å²) in [4.78, 5) is 2.25. The zero-order valence-corrected chi connectivity index (χ0v) is 9.82. The van der Waals surface area contributed by atoms with Gasteiger partial charge in [0.05, 0.1) is 6.10 Å². The Kier molecular flexibility index (Phi) is 3.46. The molecule has 3 heteroatoms. The number of β-amino-alcohol motifs (C(OH)–C–C–N with tert-alkyl or cyclic N) is 1. The van der Waals surface area contributed by atoms with Gasteiger partial charge in [-0.05, 0) is 31.4 Å². The number of hydrogen-bond donors (Lipinski definition) is 2. The van der Waals surface area contributed by atoms with Gasteiger partial charge in [0, 0.05) is 25.3 Å². The number of rotatable bonds is 2. The highest BCUT2D eigenvalue weighted by molar-refractivity contribution is 5.55. The third-order valence-corrected chi connectivity index (χ3v) is 3.19. The second-order valence-electron chi connectivity index (χ2n) is 4.58. The lowest BCUT2D eigenvalue weighted by Crippen LogP contribution is -2.38. The van der Waals surface area contributed by atoms with Crippen molar-refractivity contribution in [3.05, 3.63) is 29.3 Å². The molecule has 1 fully saturated rings. The number of benzene rings is 1. The van der Waals surface area contributed by atoms with Crippen molar-refractivity contribution in [3.8, 4) is 0 Å². The van der Waals surface area contributed by atoms with Gasteiger partial charge in [-0.1, -0.05) is 17.7 Å². The van der Waals surface area contributed by atoms with Crippen molar-refractivity contribution in [3.63, 3.8) is 0 Å². The molecular weight excluding hydrogens is 200 g/mol. The molecular formula is C13H20N2O. The van der Waals surface area contributed by atoms with Gasteiger partial charge in [-0.15, -0.1) is 0 Å². The molecule has 1 saturated heterocycles. The van der Waals surface area contributed by atoms with Crippen LogP contribution in [0.1, 0.15) is 24.0 Å². The maximum Gasteiger partial charge on any atom is 0.0715 e. The van der Waals surface area contributed by atoms with Crippen LogP contribution in [0.15, 0.2) is 18.2 Å². The van der Waals surface area contributed by atoms with Crippen molar-refractivity contribution in [1.29, 1.82) is 0 Å². The average molecular weight is 220 g/mol. The van der Waals surface area contributed by atoms with E-state index < -0.39 is 0 Å². The Hall–Kier alpha value is -1.06. The molecule has 0 spiro atoms. The van der Waals surface area contributed by atoms with Crippen molar-refractivity contribution in [2.24, 2.45) is 5.73 Å². The number of aliphatic hydroxyl groups excluding tert-OH is 1. The molecule has 1 heterocycles. The topological polar surface area (TPSA) is 49.5 Å². The van der Waals surface area contributed by atoms with Crippen LogP contribution in [0.3, 0.4) is 0 Å². The molecule has 1 unspecified atom stereocenters. The first-order valence-corrected chi connectivity index (χ1v) is 5.93. The van der Waals surface area contributed by atoms with E-state index >= 15 is 0 Å². The molecule has 1 atom stereocenters. The van der Waals surface area contributed by atoms with Crippen molar-refractivity contribution in [2.75, 3.05) is 18.0 Å². The number of nitrogens with two attached hydrogens (primary N) is 1. The summed E-state index contributed by atoms with van der Waals surface area (Å²) in [6.45, 7) is 4.39. The monoisotopic (exact) mass is 220 g/mol. The Labute approximate surface area is 96.9 Å². The Morgan fingerprint density at radius 2 is 2.31 bits per heavy atom. The molecule has 3 nitrogen and oxygen atoms in total. The summed E-state index contributed by atoms with van der Waals surface area (Å²) in [7, 11) is 0. The largest absolute Gasteiger partial charge is 0.391 e. The molecule has 1 aliphatic heterocycles. The minimum Gasteiger partial charge on any atom is -0.391 e. The third-order valence-electron chi connectivity index (χ3n) is 3.19. The molecule has 0 saturated carbocycles. The van der Waals surface area contributed by atoms with Crippen LogP contribution in [0.4, 0.5) is 5.69 Å². The van der Waals surface area contributed by atoms with Crippen LogP contribution in [-0.4, -0.2) is 24.3 Å². The van der Waals surface area contributed by atoms with Gasteiger partial charge in [0.25, 0.3) is 0 Å². The Morgan fingerprint density at radius 1 is 1.50 bits per heavy atom. The van der Waals surface area contributed by atoms with E-state index in [1.807, 2.05) is 0 Å². The quantitative estimate of drug-likeness (QED) is 0.792. The van der Waals surface area contributed by atoms with Gasteiger partial charge in [0.2, 0.25) is 0 Å². The predicted molar refractivity (Wildman–Crippen MR) is 66.5 cm³/mol. The SMILES string of the molecule is Cc1ccc(N2CCCC(O)C2)c(CN)c1. The predicted octanol–water partition coefficient (Wildman–Crippen LogP) is 1.41. The zero-order valence-electron chi connectivity index (χ0n) is 9.82. The van der Waals surface area contributed by atoms with E-state index in [9.17, 15) is 5.11 Å². The molecule has 0 bridgehead atoms. The summed E-state index contributed by atoms with van der Waals surface area (Å²) in [6, 6.07) is 6.36. The van der Waals surface area contributed by atoms with Gasteiger partial charge in [-0.2, -0.15) is 0 Å². The maximum absolute atomic E-state index is 9.69. The number of anilines is 1. The summed E-state index contributed by atoms with van der Waals surface area (Å²) in [5.41, 5.74) is 9.37. The number of piperidine rings is 1. The summed E-state index contributed by atoms with van der Waals surface area (Å²) in [5, 5.41) is 9.69. The van der Waals surface area contributed by atoms with Gasteiger partial charge in [-0.3, -0.25) is 0 Å². The van der Waals surface area contributed by atoms with Crippen LogP contribution in [0.25, 0.3) is 0 Å². The summed E-state index contributed by atoms with van der Waals surface area (Å²) in [5.74, 6) is 0. The fourth-order valence-corrected chi connectivity index (χ4v) is 2.36. The normalized spacial score (nSPS) is 21.2. The van der Waals surface area contributed by atoms with Crippen molar-refractivity contribution >= 4 is 5.69 Å². The van der Waals surface area contributed by atoms with Gasteiger partial charge >= 0.3 is 0 Å². The molecule has 2 rings (SSSR count). The molecule has 0 amide bonds. The lowest BCUT2D eigenvalue weighted by molar-refractivity contribution is 0.154. The van der Waals surface area contributed by atoms with E-state index in [0.717, 1.165) is 25.9 Å². The molecule has 1 aliphatic rings. The lowest BCUT2D eigenvalue weighted by atomic mass is 10.0. The molecule has 1 aromatic rings. The third kappa shape index (κ3) is 2.36. The van der Waals surface area contributed by atoms with Crippen LogP contribution >= 0.6 is 0 Å². The highest BCUT2D eigenvalue weighted by atomic mass is 16.3. The molecule has 0 aromatic heterocycles. The average Bonchev–Trinajstić information content (AvgIpc) is 2.28. The van der Waals surface area contributed by atoms with E-state index in [1.165, 1.54) is 16.8 Å². The first kappa shape index (κ1) is 11.4. The smallest absolute Gasteiger partial charge is 0.0715 e. The van der Waals surface area contributed by atoms with Gasteiger partial charge in [0.1, 0.15) is 0 Å². The second kappa shape index (κ2) is 4.85. The molecule has 16 heavy (non-hydrogen) atoms. The van der Waals surface area contributed by atoms with E-state index in [2.05, 4.69) is 30.0 Å². The molecule has 0 aliphatic carbocycles. The standard InChI is InChI=1S/C13H20N2O/c1-10-4-5-13(11(7-10)8-14)15-6-2-3-12(16)9-15/h4-5,7,12,16H,2-3,6,8-9,14H2,1H3. The fourth-order valence-electron chi connectivity index (χ4n) is 2.36. The molecule has 88 valence electrons. The van der Waals surface area contributed by atoms with Gasteiger partial charge in [-0.25, -0.2) is 0 Å². The number of aryl methyl sites for hydroxylation is 1. The first-order chi connectivity index (χ1) is 7.70. The number of nitrogens with zero attached hydrogens (tertiary/aromatic N) is 1. The Balaban J connectivity index is 2.24. The molecule has 1 aromatic carbocycles. The Bertz CT molecular complexity index is 365. The Morgan fingerprint density at radius 3 is 3.00 bits per heavy atom. The van der Waals surface area contributed by atoms with Crippen molar-refractivity contribution < 1.29 is 5.11 Å². The van der Waals surface area contributed by atoms with E-state index in [-0.39, 0.29) is 6.10 Å². The fraction of sp³-hybridized carbons (Fsp3) is 0.538. The van der Waals surface area contributed by atoms with E-state index in [4.69, 9.17) is 5.73 Å².